The van der Waals surface area contributed by atoms with Crippen molar-refractivity contribution in [2.45, 2.75) is 6.54 Å². The number of benzene rings is 2. The molecule has 110 valence electrons. The van der Waals surface area contributed by atoms with Crippen LogP contribution in [-0.2, 0) is 6.54 Å². The second-order valence-corrected chi connectivity index (χ2v) is 4.38. The van der Waals surface area contributed by atoms with Gasteiger partial charge >= 0.3 is 0 Å². The van der Waals surface area contributed by atoms with Crippen molar-refractivity contribution in [3.8, 4) is 5.75 Å². The monoisotopic (exact) mass is 292 g/mol. The Hall–Kier alpha value is -2.63. The number of amides is 1. The van der Waals surface area contributed by atoms with E-state index in [0.717, 1.165) is 17.7 Å². The number of nitrogen functional groups attached to an aromatic ring is 1. The Labute approximate surface area is 120 Å². The Balaban J connectivity index is 2.04. The minimum atomic E-state index is -0.954. The summed E-state index contributed by atoms with van der Waals surface area (Å²) in [6.07, 6.45) is 0. The van der Waals surface area contributed by atoms with Crippen molar-refractivity contribution >= 4 is 11.6 Å². The van der Waals surface area contributed by atoms with Gasteiger partial charge in [-0.2, -0.15) is 0 Å². The number of hydrogen-bond acceptors (Lipinski definition) is 3. The molecule has 0 aliphatic heterocycles. The number of carbonyl (C=O) groups excluding carboxylic acids is 1. The highest BCUT2D eigenvalue weighted by molar-refractivity contribution is 5.94. The highest BCUT2D eigenvalue weighted by Crippen LogP contribution is 2.17. The number of carbonyl (C=O) groups is 1. The zero-order valence-electron chi connectivity index (χ0n) is 11.3. The van der Waals surface area contributed by atoms with Gasteiger partial charge < -0.3 is 15.8 Å². The predicted molar refractivity (Wildman–Crippen MR) is 74.9 cm³/mol. The number of hydrogen-bond donors (Lipinski definition) is 2. The van der Waals surface area contributed by atoms with Crippen LogP contribution in [0.3, 0.4) is 0 Å². The van der Waals surface area contributed by atoms with Gasteiger partial charge in [0.1, 0.15) is 23.1 Å². The Morgan fingerprint density at radius 3 is 2.29 bits per heavy atom. The fraction of sp³-hybridized carbons (Fsp3) is 0.133. The van der Waals surface area contributed by atoms with Crippen LogP contribution in [0.4, 0.5) is 14.5 Å². The molecule has 3 N–H and O–H groups in total. The van der Waals surface area contributed by atoms with Crippen molar-refractivity contribution in [3.05, 3.63) is 59.2 Å². The van der Waals surface area contributed by atoms with Crippen LogP contribution in [-0.4, -0.2) is 13.0 Å². The first-order chi connectivity index (χ1) is 10.0. The van der Waals surface area contributed by atoms with Crippen molar-refractivity contribution < 1.29 is 18.3 Å². The molecule has 21 heavy (non-hydrogen) atoms. The summed E-state index contributed by atoms with van der Waals surface area (Å²) in [5.41, 5.74) is 5.27. The lowest BCUT2D eigenvalue weighted by atomic mass is 10.1. The Morgan fingerprint density at radius 1 is 1.19 bits per heavy atom. The van der Waals surface area contributed by atoms with Crippen LogP contribution in [0.5, 0.6) is 5.75 Å². The molecule has 0 fully saturated rings. The molecule has 2 aromatic carbocycles. The van der Waals surface area contributed by atoms with Gasteiger partial charge in [-0.15, -0.1) is 0 Å². The first-order valence-corrected chi connectivity index (χ1v) is 6.17. The fourth-order valence-electron chi connectivity index (χ4n) is 1.74. The zero-order valence-corrected chi connectivity index (χ0v) is 11.3. The van der Waals surface area contributed by atoms with E-state index in [0.29, 0.717) is 5.75 Å². The summed E-state index contributed by atoms with van der Waals surface area (Å²) in [7, 11) is 1.56. The maximum absolute atomic E-state index is 13.3. The summed E-state index contributed by atoms with van der Waals surface area (Å²) in [4.78, 5) is 11.8. The third-order valence-corrected chi connectivity index (χ3v) is 2.95. The third kappa shape index (κ3) is 3.47. The van der Waals surface area contributed by atoms with Crippen molar-refractivity contribution in [2.24, 2.45) is 0 Å². The molecule has 0 atom stereocenters. The van der Waals surface area contributed by atoms with Crippen LogP contribution in [0.2, 0.25) is 0 Å². The molecular formula is C15H14F2N2O2. The highest BCUT2D eigenvalue weighted by atomic mass is 19.1. The molecule has 0 heterocycles. The van der Waals surface area contributed by atoms with Gasteiger partial charge in [0, 0.05) is 12.1 Å². The standard InChI is InChI=1S/C15H14F2N2O2/c1-21-11-4-2-9(3-5-11)8-19-15(20)10-6-12(16)14(18)13(17)7-10/h2-7H,8,18H2,1H3,(H,19,20). The third-order valence-electron chi connectivity index (χ3n) is 2.95. The number of ether oxygens (including phenoxy) is 1. The lowest BCUT2D eigenvalue weighted by Gasteiger charge is -2.07. The first-order valence-electron chi connectivity index (χ1n) is 6.17. The van der Waals surface area contributed by atoms with Gasteiger partial charge in [-0.3, -0.25) is 4.79 Å². The number of halogens is 2. The van der Waals surface area contributed by atoms with E-state index in [1.807, 2.05) is 0 Å². The van der Waals surface area contributed by atoms with Crippen LogP contribution in [0, 0.1) is 11.6 Å². The smallest absolute Gasteiger partial charge is 0.251 e. The van der Waals surface area contributed by atoms with Gasteiger partial charge in [-0.05, 0) is 29.8 Å². The van der Waals surface area contributed by atoms with Gasteiger partial charge in [-0.1, -0.05) is 12.1 Å². The molecule has 2 rings (SSSR count). The van der Waals surface area contributed by atoms with E-state index in [2.05, 4.69) is 5.32 Å². The minimum absolute atomic E-state index is 0.118. The lowest BCUT2D eigenvalue weighted by Crippen LogP contribution is -2.23. The molecule has 0 radical (unpaired) electrons. The summed E-state index contributed by atoms with van der Waals surface area (Å²) in [5, 5.41) is 2.57. The molecule has 0 saturated heterocycles. The van der Waals surface area contributed by atoms with E-state index < -0.39 is 23.2 Å². The van der Waals surface area contributed by atoms with Gasteiger partial charge in [0.2, 0.25) is 0 Å². The highest BCUT2D eigenvalue weighted by Gasteiger charge is 2.12. The molecule has 0 bridgehead atoms. The van der Waals surface area contributed by atoms with Crippen LogP contribution in [0.25, 0.3) is 0 Å². The van der Waals surface area contributed by atoms with E-state index in [4.69, 9.17) is 10.5 Å². The molecular weight excluding hydrogens is 278 g/mol. The molecule has 0 aliphatic rings. The minimum Gasteiger partial charge on any atom is -0.497 e. The van der Waals surface area contributed by atoms with Crippen molar-refractivity contribution in [1.29, 1.82) is 0 Å². The fourth-order valence-corrected chi connectivity index (χ4v) is 1.74. The summed E-state index contributed by atoms with van der Waals surface area (Å²) in [6.45, 7) is 0.233. The van der Waals surface area contributed by atoms with Gasteiger partial charge in [-0.25, -0.2) is 8.78 Å². The van der Waals surface area contributed by atoms with Gasteiger partial charge in [0.15, 0.2) is 0 Å². The maximum Gasteiger partial charge on any atom is 0.251 e. The molecule has 0 unspecified atom stereocenters. The number of nitrogens with two attached hydrogens (primary N) is 1. The predicted octanol–water partition coefficient (Wildman–Crippen LogP) is 2.49. The van der Waals surface area contributed by atoms with E-state index in [1.165, 1.54) is 0 Å². The molecule has 0 aromatic heterocycles. The lowest BCUT2D eigenvalue weighted by molar-refractivity contribution is 0.0950. The zero-order chi connectivity index (χ0) is 15.4. The molecule has 0 spiro atoms. The van der Waals surface area contributed by atoms with E-state index in [-0.39, 0.29) is 12.1 Å². The largest absolute Gasteiger partial charge is 0.497 e. The maximum atomic E-state index is 13.3. The Bertz CT molecular complexity index is 634. The number of methoxy groups -OCH3 is 1. The van der Waals surface area contributed by atoms with Gasteiger partial charge in [0.25, 0.3) is 5.91 Å². The Kier molecular flexibility index (Phi) is 4.37. The summed E-state index contributed by atoms with van der Waals surface area (Å²) < 4.78 is 31.6. The average molecular weight is 292 g/mol. The molecule has 6 heteroatoms. The Morgan fingerprint density at radius 2 is 1.76 bits per heavy atom. The topological polar surface area (TPSA) is 64.3 Å². The quantitative estimate of drug-likeness (QED) is 0.851. The molecule has 4 nitrogen and oxygen atoms in total. The average Bonchev–Trinajstić information content (AvgIpc) is 2.50. The van der Waals surface area contributed by atoms with E-state index >= 15 is 0 Å². The summed E-state index contributed by atoms with van der Waals surface area (Å²) >= 11 is 0. The van der Waals surface area contributed by atoms with Crippen LogP contribution < -0.4 is 15.8 Å². The van der Waals surface area contributed by atoms with E-state index in [1.54, 1.807) is 31.4 Å². The van der Waals surface area contributed by atoms with Crippen molar-refractivity contribution in [3.63, 3.8) is 0 Å². The molecule has 1 amide bonds. The summed E-state index contributed by atoms with van der Waals surface area (Å²) in [5.74, 6) is -1.79. The molecule has 0 aliphatic carbocycles. The second-order valence-electron chi connectivity index (χ2n) is 4.38. The first kappa shape index (κ1) is 14.8. The SMILES string of the molecule is COc1ccc(CNC(=O)c2cc(F)c(N)c(F)c2)cc1. The van der Waals surface area contributed by atoms with Gasteiger partial charge in [0.05, 0.1) is 7.11 Å². The molecule has 0 saturated carbocycles. The molecule has 2 aromatic rings. The van der Waals surface area contributed by atoms with Crippen LogP contribution in [0.15, 0.2) is 36.4 Å². The number of nitrogens with one attached hydrogen (secondary N) is 1. The van der Waals surface area contributed by atoms with Crippen molar-refractivity contribution in [1.82, 2.24) is 5.32 Å². The number of anilines is 1. The number of rotatable bonds is 4. The van der Waals surface area contributed by atoms with Crippen LogP contribution in [0.1, 0.15) is 15.9 Å². The summed E-state index contributed by atoms with van der Waals surface area (Å²) in [6, 6.07) is 8.88. The van der Waals surface area contributed by atoms with Crippen LogP contribution >= 0.6 is 0 Å². The van der Waals surface area contributed by atoms with Crippen molar-refractivity contribution in [2.75, 3.05) is 12.8 Å². The second kappa shape index (κ2) is 6.21. The normalized spacial score (nSPS) is 10.2. The van der Waals surface area contributed by atoms with E-state index in [9.17, 15) is 13.6 Å².